The molecular formula is C8H11Cl2N3O. The van der Waals surface area contributed by atoms with E-state index in [4.69, 9.17) is 16.9 Å². The van der Waals surface area contributed by atoms with Crippen LogP contribution in [0.15, 0.2) is 24.3 Å². The van der Waals surface area contributed by atoms with E-state index in [1.807, 2.05) is 0 Å². The molecule has 0 saturated carbocycles. The van der Waals surface area contributed by atoms with Crippen molar-refractivity contribution < 1.29 is 4.79 Å². The molecule has 0 aliphatic rings. The third-order valence-electron chi connectivity index (χ3n) is 1.48. The second-order valence-corrected chi connectivity index (χ2v) is 2.36. The van der Waals surface area contributed by atoms with Crippen molar-refractivity contribution in [1.82, 2.24) is 0 Å². The van der Waals surface area contributed by atoms with Crippen LogP contribution in [0.1, 0.15) is 15.9 Å². The van der Waals surface area contributed by atoms with Crippen LogP contribution in [0, 0.1) is 5.41 Å². The minimum atomic E-state index is -0.481. The summed E-state index contributed by atoms with van der Waals surface area (Å²) < 4.78 is 0. The van der Waals surface area contributed by atoms with Gasteiger partial charge in [0, 0.05) is 11.1 Å². The van der Waals surface area contributed by atoms with Gasteiger partial charge in [-0.1, -0.05) is 12.1 Å². The van der Waals surface area contributed by atoms with Crippen molar-refractivity contribution in [2.24, 2.45) is 11.5 Å². The van der Waals surface area contributed by atoms with E-state index in [-0.39, 0.29) is 30.6 Å². The number of nitrogens with one attached hydrogen (secondary N) is 1. The third kappa shape index (κ3) is 3.64. The van der Waals surface area contributed by atoms with Gasteiger partial charge in [0.05, 0.1) is 0 Å². The Bertz CT molecular complexity index is 291. The third-order valence-corrected chi connectivity index (χ3v) is 1.48. The van der Waals surface area contributed by atoms with E-state index in [1.165, 1.54) is 0 Å². The number of hydrogen-bond donors (Lipinski definition) is 3. The smallest absolute Gasteiger partial charge is 0.248 e. The number of carbonyl (C=O) groups is 1. The first-order chi connectivity index (χ1) is 5.61. The number of amidine groups is 1. The number of benzene rings is 1. The molecule has 0 saturated heterocycles. The minimum Gasteiger partial charge on any atom is -0.384 e. The average Bonchev–Trinajstić information content (AvgIpc) is 2.04. The Morgan fingerprint density at radius 3 is 1.64 bits per heavy atom. The number of halogens is 2. The van der Waals surface area contributed by atoms with Crippen LogP contribution in [0.25, 0.3) is 0 Å². The molecular weight excluding hydrogens is 225 g/mol. The number of carbonyl (C=O) groups excluding carboxylic acids is 1. The molecule has 0 bridgehead atoms. The van der Waals surface area contributed by atoms with Crippen LogP contribution in [-0.4, -0.2) is 11.7 Å². The lowest BCUT2D eigenvalue weighted by Gasteiger charge is -1.98. The number of nitrogen functional groups attached to an aromatic ring is 1. The fourth-order valence-corrected chi connectivity index (χ4v) is 0.814. The molecule has 6 heteroatoms. The maximum absolute atomic E-state index is 10.6. The fraction of sp³-hybridized carbons (Fsp3) is 0. The minimum absolute atomic E-state index is 0. The Balaban J connectivity index is 0. The number of amides is 1. The van der Waals surface area contributed by atoms with Crippen molar-refractivity contribution in [3.63, 3.8) is 0 Å². The van der Waals surface area contributed by atoms with Crippen molar-refractivity contribution >= 4 is 36.6 Å². The van der Waals surface area contributed by atoms with Crippen molar-refractivity contribution in [2.75, 3.05) is 0 Å². The number of rotatable bonds is 2. The first kappa shape index (κ1) is 15.2. The van der Waals surface area contributed by atoms with Gasteiger partial charge in [-0.25, -0.2) is 0 Å². The quantitative estimate of drug-likeness (QED) is 0.526. The van der Waals surface area contributed by atoms with Crippen molar-refractivity contribution in [3.8, 4) is 0 Å². The van der Waals surface area contributed by atoms with E-state index >= 15 is 0 Å². The van der Waals surface area contributed by atoms with E-state index in [0.29, 0.717) is 11.1 Å². The zero-order chi connectivity index (χ0) is 9.14. The van der Waals surface area contributed by atoms with Gasteiger partial charge < -0.3 is 11.5 Å². The lowest BCUT2D eigenvalue weighted by atomic mass is 10.1. The lowest BCUT2D eigenvalue weighted by Crippen LogP contribution is -2.13. The molecule has 0 spiro atoms. The molecule has 0 atom stereocenters. The normalized spacial score (nSPS) is 8.00. The second kappa shape index (κ2) is 6.23. The van der Waals surface area contributed by atoms with E-state index in [1.54, 1.807) is 24.3 Å². The van der Waals surface area contributed by atoms with E-state index in [0.717, 1.165) is 0 Å². The molecule has 0 aromatic heterocycles. The summed E-state index contributed by atoms with van der Waals surface area (Å²) in [7, 11) is 0. The highest BCUT2D eigenvalue weighted by atomic mass is 35.5. The standard InChI is InChI=1S/C8H9N3O.2ClH/c9-7(10)5-1-3-6(4-2-5)8(11)12;;/h1-4H,(H3,9,10)(H2,11,12);2*1H. The first-order valence-corrected chi connectivity index (χ1v) is 3.35. The molecule has 1 aromatic rings. The summed E-state index contributed by atoms with van der Waals surface area (Å²) in [5.41, 5.74) is 11.2. The summed E-state index contributed by atoms with van der Waals surface area (Å²) in [4.78, 5) is 10.6. The summed E-state index contributed by atoms with van der Waals surface area (Å²) >= 11 is 0. The monoisotopic (exact) mass is 235 g/mol. The number of nitrogens with two attached hydrogens (primary N) is 2. The summed E-state index contributed by atoms with van der Waals surface area (Å²) in [5.74, 6) is -0.504. The molecule has 1 rings (SSSR count). The Morgan fingerprint density at radius 1 is 1.00 bits per heavy atom. The Morgan fingerprint density at radius 2 is 1.36 bits per heavy atom. The zero-order valence-corrected chi connectivity index (χ0v) is 8.82. The molecule has 0 unspecified atom stereocenters. The molecule has 4 nitrogen and oxygen atoms in total. The Kier molecular flexibility index (Phi) is 6.78. The van der Waals surface area contributed by atoms with Crippen LogP contribution < -0.4 is 11.5 Å². The molecule has 14 heavy (non-hydrogen) atoms. The van der Waals surface area contributed by atoms with Crippen LogP contribution in [-0.2, 0) is 0 Å². The van der Waals surface area contributed by atoms with E-state index in [9.17, 15) is 4.79 Å². The predicted octanol–water partition coefficient (Wildman–Crippen LogP) is 0.913. The summed E-state index contributed by atoms with van der Waals surface area (Å²) in [6.07, 6.45) is 0. The van der Waals surface area contributed by atoms with Gasteiger partial charge in [0.25, 0.3) is 0 Å². The maximum atomic E-state index is 10.6. The van der Waals surface area contributed by atoms with Gasteiger partial charge in [0.15, 0.2) is 0 Å². The highest BCUT2D eigenvalue weighted by Gasteiger charge is 2.00. The molecule has 0 radical (unpaired) electrons. The van der Waals surface area contributed by atoms with Gasteiger partial charge in [0.1, 0.15) is 5.84 Å². The first-order valence-electron chi connectivity index (χ1n) is 3.35. The summed E-state index contributed by atoms with van der Waals surface area (Å²) in [6, 6.07) is 6.25. The largest absolute Gasteiger partial charge is 0.384 e. The second-order valence-electron chi connectivity index (χ2n) is 2.36. The lowest BCUT2D eigenvalue weighted by molar-refractivity contribution is 0.100. The molecule has 0 heterocycles. The van der Waals surface area contributed by atoms with E-state index in [2.05, 4.69) is 0 Å². The molecule has 0 aliphatic carbocycles. The molecule has 1 aromatic carbocycles. The summed E-state index contributed by atoms with van der Waals surface area (Å²) in [5, 5.41) is 7.07. The van der Waals surface area contributed by atoms with Crippen molar-refractivity contribution in [1.29, 1.82) is 5.41 Å². The highest BCUT2D eigenvalue weighted by molar-refractivity contribution is 5.97. The number of hydrogen-bond acceptors (Lipinski definition) is 2. The predicted molar refractivity (Wildman–Crippen MR) is 60.5 cm³/mol. The zero-order valence-electron chi connectivity index (χ0n) is 7.19. The van der Waals surface area contributed by atoms with Crippen molar-refractivity contribution in [3.05, 3.63) is 35.4 Å². The molecule has 78 valence electrons. The van der Waals surface area contributed by atoms with Crippen LogP contribution in [0.3, 0.4) is 0 Å². The van der Waals surface area contributed by atoms with Gasteiger partial charge >= 0.3 is 0 Å². The van der Waals surface area contributed by atoms with Gasteiger partial charge in [0.2, 0.25) is 5.91 Å². The topological polar surface area (TPSA) is 93.0 Å². The summed E-state index contributed by atoms with van der Waals surface area (Å²) in [6.45, 7) is 0. The van der Waals surface area contributed by atoms with Crippen LogP contribution in [0.2, 0.25) is 0 Å². The molecule has 0 aliphatic heterocycles. The average molecular weight is 236 g/mol. The highest BCUT2D eigenvalue weighted by Crippen LogP contribution is 2.02. The SMILES string of the molecule is Cl.Cl.N=C(N)c1ccc(C(N)=O)cc1. The fourth-order valence-electron chi connectivity index (χ4n) is 0.814. The van der Waals surface area contributed by atoms with Gasteiger partial charge in [-0.3, -0.25) is 10.2 Å². The van der Waals surface area contributed by atoms with E-state index < -0.39 is 5.91 Å². The molecule has 5 N–H and O–H groups in total. The Labute approximate surface area is 94.0 Å². The van der Waals surface area contributed by atoms with Gasteiger partial charge in [-0.2, -0.15) is 0 Å². The van der Waals surface area contributed by atoms with Crippen LogP contribution in [0.5, 0.6) is 0 Å². The van der Waals surface area contributed by atoms with Crippen molar-refractivity contribution in [2.45, 2.75) is 0 Å². The molecule has 1 amide bonds. The van der Waals surface area contributed by atoms with Crippen LogP contribution >= 0.6 is 24.8 Å². The van der Waals surface area contributed by atoms with Gasteiger partial charge in [-0.05, 0) is 12.1 Å². The number of primary amides is 1. The maximum Gasteiger partial charge on any atom is 0.248 e. The van der Waals surface area contributed by atoms with Gasteiger partial charge in [-0.15, -0.1) is 24.8 Å². The Hall–Kier alpha value is -1.26. The van der Waals surface area contributed by atoms with Crippen LogP contribution in [0.4, 0.5) is 0 Å². The molecule has 0 fully saturated rings.